The van der Waals surface area contributed by atoms with Crippen molar-refractivity contribution in [2.45, 2.75) is 0 Å². The lowest BCUT2D eigenvalue weighted by Gasteiger charge is -2.01. The molecule has 0 radical (unpaired) electrons. The molecule has 13 heavy (non-hydrogen) atoms. The van der Waals surface area contributed by atoms with Crippen molar-refractivity contribution in [1.29, 1.82) is 5.26 Å². The van der Waals surface area contributed by atoms with E-state index < -0.39 is 0 Å². The fourth-order valence-corrected chi connectivity index (χ4v) is 0.848. The van der Waals surface area contributed by atoms with Crippen molar-refractivity contribution in [3.8, 4) is 6.07 Å². The van der Waals surface area contributed by atoms with E-state index in [1.807, 2.05) is 0 Å². The zero-order valence-corrected chi connectivity index (χ0v) is 6.94. The van der Waals surface area contributed by atoms with Gasteiger partial charge in [-0.2, -0.15) is 0 Å². The van der Waals surface area contributed by atoms with E-state index in [9.17, 15) is 0 Å². The van der Waals surface area contributed by atoms with Crippen LogP contribution in [0.4, 0.5) is 0 Å². The van der Waals surface area contributed by atoms with Crippen LogP contribution in [0.2, 0.25) is 0 Å². The molecule has 0 aliphatic carbocycles. The van der Waals surface area contributed by atoms with Crippen molar-refractivity contribution in [2.24, 2.45) is 0 Å². The molecule has 0 aliphatic rings. The Hall–Kier alpha value is -2.20. The average Bonchev–Trinajstić information content (AvgIpc) is 2.66. The number of nitrogens with zero attached hydrogens (tertiary/aromatic N) is 2. The van der Waals surface area contributed by atoms with Crippen LogP contribution in [0.5, 0.6) is 0 Å². The van der Waals surface area contributed by atoms with Crippen LogP contribution >= 0.6 is 0 Å². The molecule has 0 aliphatic heterocycles. The van der Waals surface area contributed by atoms with Crippen molar-refractivity contribution in [3.05, 3.63) is 41.3 Å². The summed E-state index contributed by atoms with van der Waals surface area (Å²) < 4.78 is 9.88. The SMILES string of the molecule is [C-]#[N+]C(C#N)=C(OC)c1ccco1. The van der Waals surface area contributed by atoms with Crippen LogP contribution in [0.15, 0.2) is 28.5 Å². The van der Waals surface area contributed by atoms with Crippen LogP contribution in [0.3, 0.4) is 0 Å². The zero-order valence-electron chi connectivity index (χ0n) is 6.94. The highest BCUT2D eigenvalue weighted by Crippen LogP contribution is 2.20. The Labute approximate surface area is 75.5 Å². The maximum atomic E-state index is 8.58. The molecule has 0 amide bonds. The van der Waals surface area contributed by atoms with Gasteiger partial charge < -0.3 is 9.15 Å². The Balaban J connectivity index is 3.21. The highest BCUT2D eigenvalue weighted by molar-refractivity contribution is 5.64. The first kappa shape index (κ1) is 8.89. The molecule has 0 N–H and O–H groups in total. The zero-order chi connectivity index (χ0) is 9.68. The molecule has 1 aromatic rings. The fraction of sp³-hybridized carbons (Fsp3) is 0.111. The van der Waals surface area contributed by atoms with Crippen LogP contribution in [-0.4, -0.2) is 7.11 Å². The van der Waals surface area contributed by atoms with E-state index in [-0.39, 0.29) is 11.5 Å². The van der Waals surface area contributed by atoms with E-state index >= 15 is 0 Å². The first-order valence-electron chi connectivity index (χ1n) is 3.43. The second kappa shape index (κ2) is 3.99. The third-order valence-electron chi connectivity index (χ3n) is 1.38. The summed E-state index contributed by atoms with van der Waals surface area (Å²) in [6, 6.07) is 5.02. The van der Waals surface area contributed by atoms with E-state index in [1.165, 1.54) is 13.4 Å². The maximum absolute atomic E-state index is 8.58. The van der Waals surface area contributed by atoms with E-state index in [0.29, 0.717) is 5.76 Å². The minimum absolute atomic E-state index is 0.113. The van der Waals surface area contributed by atoms with E-state index in [0.717, 1.165) is 0 Å². The summed E-state index contributed by atoms with van der Waals surface area (Å²) in [6.45, 7) is 6.72. The molecule has 0 saturated heterocycles. The van der Waals surface area contributed by atoms with Crippen LogP contribution in [-0.2, 0) is 4.74 Å². The molecule has 64 valence electrons. The average molecular weight is 174 g/mol. The Morgan fingerprint density at radius 1 is 1.77 bits per heavy atom. The summed E-state index contributed by atoms with van der Waals surface area (Å²) in [7, 11) is 1.39. The van der Waals surface area contributed by atoms with Gasteiger partial charge in [0.2, 0.25) is 0 Å². The van der Waals surface area contributed by atoms with Crippen molar-refractivity contribution in [3.63, 3.8) is 0 Å². The van der Waals surface area contributed by atoms with Gasteiger partial charge in [0.05, 0.1) is 26.0 Å². The first-order valence-corrected chi connectivity index (χ1v) is 3.43. The minimum atomic E-state index is -0.113. The quantitative estimate of drug-likeness (QED) is 0.391. The van der Waals surface area contributed by atoms with Gasteiger partial charge in [-0.3, -0.25) is 0 Å². The van der Waals surface area contributed by atoms with Gasteiger partial charge in [0.25, 0.3) is 0 Å². The number of ether oxygens (including phenoxy) is 1. The number of allylic oxidation sites excluding steroid dienone is 1. The van der Waals surface area contributed by atoms with Gasteiger partial charge in [-0.1, -0.05) is 0 Å². The summed E-state index contributed by atoms with van der Waals surface area (Å²) >= 11 is 0. The highest BCUT2D eigenvalue weighted by atomic mass is 16.5. The van der Waals surface area contributed by atoms with Crippen molar-refractivity contribution in [1.82, 2.24) is 0 Å². The lowest BCUT2D eigenvalue weighted by atomic mass is 10.3. The molecule has 0 unspecified atom stereocenters. The molecular weight excluding hydrogens is 168 g/mol. The number of hydrogen-bond donors (Lipinski definition) is 0. The molecule has 0 saturated carbocycles. The van der Waals surface area contributed by atoms with Gasteiger partial charge in [0.1, 0.15) is 0 Å². The van der Waals surface area contributed by atoms with E-state index in [2.05, 4.69) is 4.85 Å². The molecule has 0 atom stereocenters. The molecule has 0 bridgehead atoms. The molecule has 4 heteroatoms. The third kappa shape index (κ3) is 1.69. The molecule has 0 spiro atoms. The predicted octanol–water partition coefficient (Wildman–Crippen LogP) is 2.04. The summed E-state index contributed by atoms with van der Waals surface area (Å²) in [5.74, 6) is 0.553. The van der Waals surface area contributed by atoms with Gasteiger partial charge in [0.15, 0.2) is 11.5 Å². The third-order valence-corrected chi connectivity index (χ3v) is 1.38. The minimum Gasteiger partial charge on any atom is -0.503 e. The predicted molar refractivity (Wildman–Crippen MR) is 44.9 cm³/mol. The van der Waals surface area contributed by atoms with Crippen LogP contribution in [0, 0.1) is 17.9 Å². The normalized spacial score (nSPS) is 11.0. The second-order valence-electron chi connectivity index (χ2n) is 2.08. The second-order valence-corrected chi connectivity index (χ2v) is 2.08. The Bertz CT molecular complexity index is 374. The lowest BCUT2D eigenvalue weighted by Crippen LogP contribution is -1.88. The molecule has 1 heterocycles. The van der Waals surface area contributed by atoms with Crippen molar-refractivity contribution < 1.29 is 9.15 Å². The Morgan fingerprint density at radius 2 is 2.54 bits per heavy atom. The number of hydrogen-bond acceptors (Lipinski definition) is 3. The number of nitriles is 1. The van der Waals surface area contributed by atoms with E-state index in [1.54, 1.807) is 18.2 Å². The van der Waals surface area contributed by atoms with Gasteiger partial charge in [-0.25, -0.2) is 10.1 Å². The van der Waals surface area contributed by atoms with Crippen molar-refractivity contribution in [2.75, 3.05) is 7.11 Å². The molecule has 0 aromatic carbocycles. The number of rotatable bonds is 2. The Kier molecular flexibility index (Phi) is 2.73. The van der Waals surface area contributed by atoms with Crippen molar-refractivity contribution >= 4 is 5.76 Å². The first-order chi connectivity index (χ1) is 6.33. The molecular formula is C9H6N2O2. The van der Waals surface area contributed by atoms with Gasteiger partial charge in [0, 0.05) is 0 Å². The van der Waals surface area contributed by atoms with Crippen LogP contribution < -0.4 is 0 Å². The van der Waals surface area contributed by atoms with Crippen LogP contribution in [0.25, 0.3) is 10.6 Å². The lowest BCUT2D eigenvalue weighted by molar-refractivity contribution is 0.350. The monoisotopic (exact) mass is 174 g/mol. The summed E-state index contributed by atoms with van der Waals surface area (Å²) in [5.41, 5.74) is -0.113. The highest BCUT2D eigenvalue weighted by Gasteiger charge is 2.11. The molecule has 1 aromatic heterocycles. The summed E-state index contributed by atoms with van der Waals surface area (Å²) in [5, 5.41) is 8.58. The molecule has 4 nitrogen and oxygen atoms in total. The summed E-state index contributed by atoms with van der Waals surface area (Å²) in [4.78, 5) is 3.02. The number of methoxy groups -OCH3 is 1. The molecule has 1 rings (SSSR count). The van der Waals surface area contributed by atoms with Crippen LogP contribution in [0.1, 0.15) is 5.76 Å². The summed E-state index contributed by atoms with van der Waals surface area (Å²) in [6.07, 6.45) is 1.45. The fourth-order valence-electron chi connectivity index (χ4n) is 0.848. The van der Waals surface area contributed by atoms with Gasteiger partial charge in [-0.05, 0) is 12.1 Å². The molecule has 0 fully saturated rings. The standard InChI is InChI=1S/C9H6N2O2/c1-11-7(6-10)9(12-2)8-4-3-5-13-8/h3-5H,2H3. The maximum Gasteiger partial charge on any atom is 0.306 e. The van der Waals surface area contributed by atoms with Gasteiger partial charge >= 0.3 is 5.70 Å². The Morgan fingerprint density at radius 3 is 2.92 bits per heavy atom. The van der Waals surface area contributed by atoms with E-state index in [4.69, 9.17) is 21.0 Å². The van der Waals surface area contributed by atoms with Gasteiger partial charge in [-0.15, -0.1) is 0 Å². The largest absolute Gasteiger partial charge is 0.503 e. The smallest absolute Gasteiger partial charge is 0.306 e. The number of furan rings is 1. The topological polar surface area (TPSA) is 50.5 Å².